The summed E-state index contributed by atoms with van der Waals surface area (Å²) in [5.41, 5.74) is 3.82. The number of benzene rings is 2. The first-order valence-corrected chi connectivity index (χ1v) is 8.90. The molecule has 1 fully saturated rings. The Bertz CT molecular complexity index is 888. The summed E-state index contributed by atoms with van der Waals surface area (Å²) in [6.07, 6.45) is 0. The fourth-order valence-corrected chi connectivity index (χ4v) is 3.70. The highest BCUT2D eigenvalue weighted by Crippen LogP contribution is 2.38. The molecule has 2 aromatic rings. The minimum absolute atomic E-state index is 0.133. The molecule has 0 atom stereocenters. The summed E-state index contributed by atoms with van der Waals surface area (Å²) in [6, 6.07) is 13.0. The fourth-order valence-electron chi connectivity index (χ4n) is 3.34. The van der Waals surface area contributed by atoms with Crippen LogP contribution in [0.5, 0.6) is 5.75 Å². The Kier molecular flexibility index (Phi) is 4.01. The zero-order valence-corrected chi connectivity index (χ0v) is 15.3. The predicted octanol–water partition coefficient (Wildman–Crippen LogP) is 2.88. The van der Waals surface area contributed by atoms with Crippen LogP contribution in [-0.4, -0.2) is 42.1 Å². The van der Waals surface area contributed by atoms with Gasteiger partial charge in [0, 0.05) is 34.4 Å². The molecule has 0 radical (unpaired) electrons. The minimum Gasteiger partial charge on any atom is -0.508 e. The number of likely N-dealkylation sites (tertiary alicyclic amines) is 1. The summed E-state index contributed by atoms with van der Waals surface area (Å²) in [5.74, 6) is 0.0441. The van der Waals surface area contributed by atoms with Crippen molar-refractivity contribution in [2.75, 3.05) is 25.5 Å². The van der Waals surface area contributed by atoms with Crippen LogP contribution in [0.15, 0.2) is 46.9 Å². The van der Waals surface area contributed by atoms with Crippen LogP contribution >= 0.6 is 15.9 Å². The van der Waals surface area contributed by atoms with Crippen molar-refractivity contribution in [3.63, 3.8) is 0 Å². The van der Waals surface area contributed by atoms with Gasteiger partial charge in [0.15, 0.2) is 0 Å². The van der Waals surface area contributed by atoms with E-state index in [1.165, 1.54) is 0 Å². The van der Waals surface area contributed by atoms with E-state index in [1.54, 1.807) is 18.2 Å². The van der Waals surface area contributed by atoms with E-state index in [-0.39, 0.29) is 17.7 Å². The molecule has 3 N–H and O–H groups in total. The SMILES string of the molecule is CN1CC(N/C(=C2\C(=O)Nc3ccc(Br)cc32)c2cccc(O)c2)C1. The van der Waals surface area contributed by atoms with Gasteiger partial charge in [-0.25, -0.2) is 0 Å². The zero-order valence-electron chi connectivity index (χ0n) is 13.7. The molecule has 2 aliphatic heterocycles. The Morgan fingerprint density at radius 3 is 2.80 bits per heavy atom. The van der Waals surface area contributed by atoms with E-state index in [9.17, 15) is 9.90 Å². The maximum absolute atomic E-state index is 12.7. The molecular weight excluding hydrogens is 382 g/mol. The van der Waals surface area contributed by atoms with Crippen LogP contribution < -0.4 is 10.6 Å². The second-order valence-corrected chi connectivity index (χ2v) is 7.42. The second-order valence-electron chi connectivity index (χ2n) is 6.51. The smallest absolute Gasteiger partial charge is 0.258 e. The number of nitrogens with zero attached hydrogens (tertiary/aromatic N) is 1. The van der Waals surface area contributed by atoms with Crippen LogP contribution in [-0.2, 0) is 4.79 Å². The maximum Gasteiger partial charge on any atom is 0.258 e. The van der Waals surface area contributed by atoms with Gasteiger partial charge in [-0.15, -0.1) is 0 Å². The zero-order chi connectivity index (χ0) is 17.6. The lowest BCUT2D eigenvalue weighted by Gasteiger charge is -2.38. The Labute approximate surface area is 154 Å². The molecule has 2 heterocycles. The van der Waals surface area contributed by atoms with E-state index >= 15 is 0 Å². The van der Waals surface area contributed by atoms with E-state index in [0.29, 0.717) is 5.57 Å². The van der Waals surface area contributed by atoms with Gasteiger partial charge in [-0.3, -0.25) is 4.79 Å². The highest BCUT2D eigenvalue weighted by atomic mass is 79.9. The molecule has 128 valence electrons. The average molecular weight is 400 g/mol. The number of amides is 1. The molecule has 1 saturated heterocycles. The number of hydrogen-bond donors (Lipinski definition) is 3. The van der Waals surface area contributed by atoms with E-state index in [0.717, 1.165) is 40.1 Å². The third kappa shape index (κ3) is 3.03. The average Bonchev–Trinajstić information content (AvgIpc) is 2.86. The number of carbonyl (C=O) groups excluding carboxylic acids is 1. The normalized spacial score (nSPS) is 19.2. The van der Waals surface area contributed by atoms with Crippen molar-refractivity contribution in [1.29, 1.82) is 0 Å². The van der Waals surface area contributed by atoms with Crippen LogP contribution in [0.25, 0.3) is 11.3 Å². The lowest BCUT2D eigenvalue weighted by atomic mass is 9.98. The van der Waals surface area contributed by atoms with Crippen molar-refractivity contribution in [2.45, 2.75) is 6.04 Å². The molecule has 25 heavy (non-hydrogen) atoms. The van der Waals surface area contributed by atoms with Crippen LogP contribution in [0.1, 0.15) is 11.1 Å². The highest BCUT2D eigenvalue weighted by molar-refractivity contribution is 9.10. The lowest BCUT2D eigenvalue weighted by Crippen LogP contribution is -2.55. The summed E-state index contributed by atoms with van der Waals surface area (Å²) in [4.78, 5) is 14.9. The molecule has 0 aromatic heterocycles. The number of anilines is 1. The van der Waals surface area contributed by atoms with E-state index in [1.807, 2.05) is 24.3 Å². The Hall–Kier alpha value is -2.31. The minimum atomic E-state index is -0.133. The van der Waals surface area contributed by atoms with Crippen molar-refractivity contribution in [3.8, 4) is 5.75 Å². The summed E-state index contributed by atoms with van der Waals surface area (Å²) < 4.78 is 0.916. The Balaban J connectivity index is 1.86. The van der Waals surface area contributed by atoms with Crippen molar-refractivity contribution >= 4 is 38.8 Å². The Morgan fingerprint density at radius 2 is 2.08 bits per heavy atom. The summed E-state index contributed by atoms with van der Waals surface area (Å²) >= 11 is 3.48. The van der Waals surface area contributed by atoms with Crippen LogP contribution in [0, 0.1) is 0 Å². The van der Waals surface area contributed by atoms with Crippen molar-refractivity contribution in [1.82, 2.24) is 10.2 Å². The predicted molar refractivity (Wildman–Crippen MR) is 102 cm³/mol. The molecule has 0 saturated carbocycles. The number of aromatic hydroxyl groups is 1. The van der Waals surface area contributed by atoms with Crippen LogP contribution in [0.3, 0.4) is 0 Å². The Morgan fingerprint density at radius 1 is 1.28 bits per heavy atom. The monoisotopic (exact) mass is 399 g/mol. The van der Waals surface area contributed by atoms with Crippen LogP contribution in [0.2, 0.25) is 0 Å². The van der Waals surface area contributed by atoms with Gasteiger partial charge in [0.25, 0.3) is 5.91 Å². The number of phenolic OH excluding ortho intramolecular Hbond substituents is 1. The number of halogens is 1. The molecule has 4 rings (SSSR count). The third-order valence-electron chi connectivity index (χ3n) is 4.52. The molecule has 6 heteroatoms. The lowest BCUT2D eigenvalue weighted by molar-refractivity contribution is -0.110. The molecule has 2 aromatic carbocycles. The molecule has 0 spiro atoms. The number of nitrogens with one attached hydrogen (secondary N) is 2. The van der Waals surface area contributed by atoms with Gasteiger partial charge in [-0.1, -0.05) is 28.1 Å². The van der Waals surface area contributed by atoms with Gasteiger partial charge in [0.2, 0.25) is 0 Å². The first-order chi connectivity index (χ1) is 12.0. The molecule has 0 unspecified atom stereocenters. The van der Waals surface area contributed by atoms with Crippen LogP contribution in [0.4, 0.5) is 5.69 Å². The number of hydrogen-bond acceptors (Lipinski definition) is 4. The van der Waals surface area contributed by atoms with Crippen molar-refractivity contribution < 1.29 is 9.90 Å². The van der Waals surface area contributed by atoms with Gasteiger partial charge < -0.3 is 20.6 Å². The van der Waals surface area contributed by atoms with Gasteiger partial charge in [0.1, 0.15) is 5.75 Å². The highest BCUT2D eigenvalue weighted by Gasteiger charge is 2.31. The van der Waals surface area contributed by atoms with Crippen molar-refractivity contribution in [3.05, 3.63) is 58.1 Å². The number of rotatable bonds is 3. The first-order valence-electron chi connectivity index (χ1n) is 8.11. The fraction of sp³-hybridized carbons (Fsp3) is 0.211. The first kappa shape index (κ1) is 16.2. The topological polar surface area (TPSA) is 64.6 Å². The van der Waals surface area contributed by atoms with Gasteiger partial charge >= 0.3 is 0 Å². The van der Waals surface area contributed by atoms with E-state index in [4.69, 9.17) is 0 Å². The second kappa shape index (κ2) is 6.20. The maximum atomic E-state index is 12.7. The van der Waals surface area contributed by atoms with E-state index in [2.05, 4.69) is 38.5 Å². The number of fused-ring (bicyclic) bond motifs is 1. The van der Waals surface area contributed by atoms with Gasteiger partial charge in [-0.05, 0) is 37.4 Å². The largest absolute Gasteiger partial charge is 0.508 e. The molecule has 0 bridgehead atoms. The molecule has 0 aliphatic carbocycles. The summed E-state index contributed by atoms with van der Waals surface area (Å²) in [6.45, 7) is 1.84. The van der Waals surface area contributed by atoms with E-state index < -0.39 is 0 Å². The molecular formula is C19H18BrN3O2. The number of likely N-dealkylation sites (N-methyl/N-ethyl adjacent to an activating group) is 1. The van der Waals surface area contributed by atoms with Gasteiger partial charge in [0.05, 0.1) is 17.3 Å². The van der Waals surface area contributed by atoms with Crippen molar-refractivity contribution in [2.24, 2.45) is 0 Å². The number of phenols is 1. The molecule has 2 aliphatic rings. The van der Waals surface area contributed by atoms with Gasteiger partial charge in [-0.2, -0.15) is 0 Å². The molecule has 5 nitrogen and oxygen atoms in total. The quantitative estimate of drug-likeness (QED) is 0.694. The molecule has 1 amide bonds. The standard InChI is InChI=1S/C19H18BrN3O2/c1-23-9-13(10-23)21-18(11-3-2-4-14(24)7-11)17-15-8-12(20)5-6-16(15)22-19(17)25/h2-8,13,21,24H,9-10H2,1H3,(H,22,25)/b18-17-. The number of carbonyl (C=O) groups is 1. The summed E-state index contributed by atoms with van der Waals surface area (Å²) in [5, 5.41) is 16.3. The summed E-state index contributed by atoms with van der Waals surface area (Å²) in [7, 11) is 2.06. The third-order valence-corrected chi connectivity index (χ3v) is 5.02.